The monoisotopic (exact) mass is 390 g/mol. The summed E-state index contributed by atoms with van der Waals surface area (Å²) in [6, 6.07) is 5.62. The van der Waals surface area contributed by atoms with E-state index in [4.69, 9.17) is 5.41 Å². The van der Waals surface area contributed by atoms with Crippen LogP contribution in [0.3, 0.4) is 0 Å². The maximum atomic E-state index is 12.0. The second kappa shape index (κ2) is 7.72. The summed E-state index contributed by atoms with van der Waals surface area (Å²) in [6.45, 7) is 4.00. The number of halogens is 2. The molecule has 21 heavy (non-hydrogen) atoms. The summed E-state index contributed by atoms with van der Waals surface area (Å²) in [5.41, 5.74) is 1.80. The molecule has 0 aliphatic heterocycles. The van der Waals surface area contributed by atoms with Crippen LogP contribution >= 0.6 is 39.7 Å². The number of aryl methyl sites for hydroxylation is 2. The van der Waals surface area contributed by atoms with Crippen molar-refractivity contribution in [3.05, 3.63) is 38.0 Å². The van der Waals surface area contributed by atoms with Crippen LogP contribution in [0.25, 0.3) is 0 Å². The van der Waals surface area contributed by atoms with Crippen molar-refractivity contribution in [1.29, 1.82) is 5.41 Å². The van der Waals surface area contributed by atoms with Crippen LogP contribution in [0.1, 0.15) is 17.5 Å². The number of hydrogen-bond donors (Lipinski definition) is 2. The minimum atomic E-state index is -0.182. The van der Waals surface area contributed by atoms with Gasteiger partial charge in [0.2, 0.25) is 10.7 Å². The van der Waals surface area contributed by atoms with Crippen LogP contribution in [-0.2, 0) is 17.8 Å². The third-order valence-corrected chi connectivity index (χ3v) is 4.62. The second-order valence-electron chi connectivity index (χ2n) is 4.32. The highest BCUT2D eigenvalue weighted by molar-refractivity contribution is 9.10. The normalized spacial score (nSPS) is 10.0. The first kappa shape index (κ1) is 17.9. The Balaban J connectivity index is 0.00000220. The van der Waals surface area contributed by atoms with E-state index in [0.29, 0.717) is 4.80 Å². The lowest BCUT2D eigenvalue weighted by Crippen LogP contribution is -2.25. The Morgan fingerprint density at radius 2 is 2.24 bits per heavy atom. The first-order valence-corrected chi connectivity index (χ1v) is 7.78. The van der Waals surface area contributed by atoms with Crippen LogP contribution in [0.4, 0.5) is 5.69 Å². The fourth-order valence-corrected chi connectivity index (χ4v) is 2.64. The molecule has 1 aromatic carbocycles. The van der Waals surface area contributed by atoms with Crippen LogP contribution in [0.2, 0.25) is 0 Å². The van der Waals surface area contributed by atoms with Crippen molar-refractivity contribution in [2.24, 2.45) is 0 Å². The van der Waals surface area contributed by atoms with E-state index in [9.17, 15) is 4.79 Å². The van der Waals surface area contributed by atoms with Crippen LogP contribution in [0.5, 0.6) is 0 Å². The summed E-state index contributed by atoms with van der Waals surface area (Å²) in [7, 11) is 0. The molecule has 0 saturated heterocycles. The van der Waals surface area contributed by atoms with E-state index in [1.807, 2.05) is 32.0 Å². The number of nitrogens with zero attached hydrogens (tertiary/aromatic N) is 2. The zero-order chi connectivity index (χ0) is 14.7. The van der Waals surface area contributed by atoms with Gasteiger partial charge in [-0.2, -0.15) is 5.10 Å². The largest absolute Gasteiger partial charge is 0.324 e. The zero-order valence-electron chi connectivity index (χ0n) is 11.6. The average Bonchev–Trinajstić information content (AvgIpc) is 2.74. The summed E-state index contributed by atoms with van der Waals surface area (Å²) in [6.07, 6.45) is 0.775. The van der Waals surface area contributed by atoms with Gasteiger partial charge in [0.15, 0.2) is 0 Å². The minimum Gasteiger partial charge on any atom is -0.324 e. The Hall–Kier alpha value is -1.18. The minimum absolute atomic E-state index is 0. The molecule has 1 amide bonds. The van der Waals surface area contributed by atoms with Gasteiger partial charge in [0.25, 0.3) is 0 Å². The van der Waals surface area contributed by atoms with Crippen molar-refractivity contribution in [1.82, 2.24) is 9.78 Å². The topological polar surface area (TPSA) is 70.8 Å². The molecule has 1 heterocycles. The molecule has 2 rings (SSSR count). The number of anilines is 1. The molecule has 114 valence electrons. The summed E-state index contributed by atoms with van der Waals surface area (Å²) in [4.78, 5) is 12.3. The fraction of sp³-hybridized carbons (Fsp3) is 0.308. The Morgan fingerprint density at radius 3 is 2.81 bits per heavy atom. The molecule has 2 N–H and O–H groups in total. The summed E-state index contributed by atoms with van der Waals surface area (Å²) in [5.74, 6) is -0.182. The van der Waals surface area contributed by atoms with E-state index in [-0.39, 0.29) is 24.9 Å². The molecule has 0 unspecified atom stereocenters. The third kappa shape index (κ3) is 4.66. The maximum Gasteiger partial charge on any atom is 0.246 e. The SMILES string of the molecule is CCc1nn(CC(=O)Nc2ccc(Br)c(C)c2)c(=N)s1.Cl. The number of aromatic nitrogens is 2. The van der Waals surface area contributed by atoms with Gasteiger partial charge in [-0.05, 0) is 37.1 Å². The lowest BCUT2D eigenvalue weighted by Gasteiger charge is -2.07. The van der Waals surface area contributed by atoms with Crippen molar-refractivity contribution in [2.75, 3.05) is 5.32 Å². The lowest BCUT2D eigenvalue weighted by atomic mass is 10.2. The molecule has 0 radical (unpaired) electrons. The number of carbonyl (C=O) groups excluding carboxylic acids is 1. The Morgan fingerprint density at radius 1 is 1.52 bits per heavy atom. The van der Waals surface area contributed by atoms with Gasteiger partial charge < -0.3 is 5.32 Å². The number of hydrogen-bond acceptors (Lipinski definition) is 4. The molecule has 0 saturated carbocycles. The van der Waals surface area contributed by atoms with Crippen molar-refractivity contribution in [3.8, 4) is 0 Å². The van der Waals surface area contributed by atoms with Gasteiger partial charge in [-0.3, -0.25) is 10.2 Å². The summed E-state index contributed by atoms with van der Waals surface area (Å²) in [5, 5.41) is 15.7. The third-order valence-electron chi connectivity index (χ3n) is 2.72. The lowest BCUT2D eigenvalue weighted by molar-refractivity contribution is -0.117. The maximum absolute atomic E-state index is 12.0. The van der Waals surface area contributed by atoms with Crippen molar-refractivity contribution in [3.63, 3.8) is 0 Å². The molecule has 5 nitrogen and oxygen atoms in total. The van der Waals surface area contributed by atoms with Crippen LogP contribution in [-0.4, -0.2) is 15.7 Å². The quantitative estimate of drug-likeness (QED) is 0.840. The van der Waals surface area contributed by atoms with E-state index >= 15 is 0 Å². The molecule has 0 bridgehead atoms. The molecule has 0 fully saturated rings. The van der Waals surface area contributed by atoms with Crippen molar-refractivity contribution in [2.45, 2.75) is 26.8 Å². The predicted octanol–water partition coefficient (Wildman–Crippen LogP) is 3.12. The molecule has 8 heteroatoms. The Kier molecular flexibility index (Phi) is 6.57. The number of benzene rings is 1. The molecule has 0 atom stereocenters. The van der Waals surface area contributed by atoms with E-state index < -0.39 is 0 Å². The van der Waals surface area contributed by atoms with Gasteiger partial charge in [-0.15, -0.1) is 12.4 Å². The van der Waals surface area contributed by atoms with Crippen LogP contribution in [0.15, 0.2) is 22.7 Å². The smallest absolute Gasteiger partial charge is 0.246 e. The molecule has 2 aromatic rings. The van der Waals surface area contributed by atoms with Gasteiger partial charge in [0, 0.05) is 10.2 Å². The number of amides is 1. The molecular weight excluding hydrogens is 376 g/mol. The van der Waals surface area contributed by atoms with Crippen molar-refractivity contribution < 1.29 is 4.79 Å². The number of carbonyl (C=O) groups is 1. The molecular formula is C13H16BrClN4OS. The number of rotatable bonds is 4. The highest BCUT2D eigenvalue weighted by atomic mass is 79.9. The van der Waals surface area contributed by atoms with Crippen molar-refractivity contribution >= 4 is 51.3 Å². The predicted molar refractivity (Wildman–Crippen MR) is 90.1 cm³/mol. The zero-order valence-corrected chi connectivity index (χ0v) is 14.9. The van der Waals surface area contributed by atoms with Gasteiger partial charge in [-0.25, -0.2) is 4.68 Å². The van der Waals surface area contributed by atoms with Gasteiger partial charge in [-0.1, -0.05) is 34.2 Å². The van der Waals surface area contributed by atoms with E-state index in [1.54, 1.807) is 0 Å². The highest BCUT2D eigenvalue weighted by Crippen LogP contribution is 2.19. The summed E-state index contributed by atoms with van der Waals surface area (Å²) >= 11 is 4.72. The first-order valence-electron chi connectivity index (χ1n) is 6.17. The van der Waals surface area contributed by atoms with E-state index in [0.717, 1.165) is 27.2 Å². The van der Waals surface area contributed by atoms with Crippen LogP contribution in [0, 0.1) is 12.3 Å². The van der Waals surface area contributed by atoms with E-state index in [1.165, 1.54) is 16.0 Å². The Bertz CT molecular complexity index is 698. The Labute approximate surface area is 141 Å². The highest BCUT2D eigenvalue weighted by Gasteiger charge is 2.08. The van der Waals surface area contributed by atoms with E-state index in [2.05, 4.69) is 26.3 Å². The molecule has 0 aliphatic rings. The van der Waals surface area contributed by atoms with Gasteiger partial charge >= 0.3 is 0 Å². The number of nitrogens with one attached hydrogen (secondary N) is 2. The second-order valence-corrected chi connectivity index (χ2v) is 6.24. The fourth-order valence-electron chi connectivity index (χ4n) is 1.67. The first-order chi connectivity index (χ1) is 9.49. The molecule has 0 spiro atoms. The average molecular weight is 392 g/mol. The molecule has 0 aliphatic carbocycles. The van der Waals surface area contributed by atoms with Gasteiger partial charge in [0.05, 0.1) is 0 Å². The molecule has 1 aromatic heterocycles. The van der Waals surface area contributed by atoms with Crippen LogP contribution < -0.4 is 10.1 Å². The van der Waals surface area contributed by atoms with Gasteiger partial charge in [0.1, 0.15) is 11.6 Å². The standard InChI is InChI=1S/C13H15BrN4OS.ClH/c1-3-12-17-18(13(15)20-12)7-11(19)16-9-4-5-10(14)8(2)6-9;/h4-6,15H,3,7H2,1-2H3,(H,16,19);1H. The summed E-state index contributed by atoms with van der Waals surface area (Å²) < 4.78 is 2.43.